The zero-order valence-electron chi connectivity index (χ0n) is 17.1. The van der Waals surface area contributed by atoms with Crippen LogP contribution in [0.1, 0.15) is 19.4 Å². The van der Waals surface area contributed by atoms with Crippen molar-refractivity contribution in [3.8, 4) is 17.0 Å². The molecule has 4 aromatic rings. The van der Waals surface area contributed by atoms with Crippen LogP contribution in [0.5, 0.6) is 5.75 Å². The molecule has 0 saturated heterocycles. The number of carbonyl (C=O) groups is 1. The molecule has 0 aliphatic heterocycles. The molecule has 0 saturated carbocycles. The second-order valence-electron chi connectivity index (χ2n) is 6.87. The Kier molecular flexibility index (Phi) is 5.34. The third kappa shape index (κ3) is 3.82. The van der Waals surface area contributed by atoms with Gasteiger partial charge in [-0.15, -0.1) is 0 Å². The highest BCUT2D eigenvalue weighted by Gasteiger charge is 2.12. The van der Waals surface area contributed by atoms with Crippen LogP contribution in [0, 0.1) is 0 Å². The quantitative estimate of drug-likeness (QED) is 0.491. The number of aromatic nitrogens is 3. The second kappa shape index (κ2) is 8.24. The highest BCUT2D eigenvalue weighted by atomic mass is 16.5. The molecule has 0 radical (unpaired) electrons. The molecule has 0 fully saturated rings. The molecule has 7 nitrogen and oxygen atoms in total. The number of fused-ring (bicyclic) bond motifs is 1. The molecular weight excluding hydrogens is 378 g/mol. The average Bonchev–Trinajstić information content (AvgIpc) is 3.19. The highest BCUT2D eigenvalue weighted by molar-refractivity contribution is 5.90. The van der Waals surface area contributed by atoms with E-state index in [2.05, 4.69) is 27.5 Å². The molecule has 2 N–H and O–H groups in total. The lowest BCUT2D eigenvalue weighted by molar-refractivity contribution is -0.114. The largest absolute Gasteiger partial charge is 0.497 e. The summed E-state index contributed by atoms with van der Waals surface area (Å²) in [6.45, 7) is 3.56. The number of ether oxygens (including phenoxy) is 1. The van der Waals surface area contributed by atoms with E-state index in [-0.39, 0.29) is 5.91 Å². The van der Waals surface area contributed by atoms with Crippen LogP contribution in [0.3, 0.4) is 0 Å². The smallest absolute Gasteiger partial charge is 0.221 e. The van der Waals surface area contributed by atoms with Gasteiger partial charge in [0.2, 0.25) is 5.91 Å². The van der Waals surface area contributed by atoms with Crippen molar-refractivity contribution >= 4 is 28.7 Å². The number of benzene rings is 2. The molecule has 1 amide bonds. The number of methoxy groups -OCH3 is 1. The number of nitrogens with one attached hydrogen (secondary N) is 2. The number of anilines is 3. The Morgan fingerprint density at radius 1 is 1.13 bits per heavy atom. The van der Waals surface area contributed by atoms with Crippen LogP contribution in [-0.2, 0) is 11.2 Å². The Bertz CT molecular complexity index is 1200. The maximum Gasteiger partial charge on any atom is 0.221 e. The lowest BCUT2D eigenvalue weighted by atomic mass is 10.1. The number of rotatable bonds is 6. The fourth-order valence-electron chi connectivity index (χ4n) is 3.40. The highest BCUT2D eigenvalue weighted by Crippen LogP contribution is 2.28. The molecule has 2 heterocycles. The van der Waals surface area contributed by atoms with Gasteiger partial charge in [-0.05, 0) is 54.4 Å². The van der Waals surface area contributed by atoms with Gasteiger partial charge in [0.05, 0.1) is 19.0 Å². The molecule has 4 rings (SSSR count). The number of aryl methyl sites for hydroxylation is 1. The first kappa shape index (κ1) is 19.4. The molecular formula is C23H23N5O2. The number of hydrogen-bond acceptors (Lipinski definition) is 5. The molecule has 0 aliphatic carbocycles. The topological polar surface area (TPSA) is 80.6 Å². The summed E-state index contributed by atoms with van der Waals surface area (Å²) in [5.41, 5.74) is 5.48. The van der Waals surface area contributed by atoms with E-state index in [4.69, 9.17) is 4.74 Å². The van der Waals surface area contributed by atoms with Gasteiger partial charge in [-0.3, -0.25) is 9.20 Å². The lowest BCUT2D eigenvalue weighted by Gasteiger charge is -2.12. The molecule has 2 aromatic carbocycles. The predicted octanol–water partition coefficient (Wildman–Crippen LogP) is 4.67. The second-order valence-corrected chi connectivity index (χ2v) is 6.87. The van der Waals surface area contributed by atoms with Crippen molar-refractivity contribution in [2.75, 3.05) is 17.7 Å². The summed E-state index contributed by atoms with van der Waals surface area (Å²) in [7, 11) is 1.65. The van der Waals surface area contributed by atoms with Gasteiger partial charge in [-0.25, -0.2) is 9.97 Å². The van der Waals surface area contributed by atoms with E-state index >= 15 is 0 Å². The minimum atomic E-state index is -0.0831. The van der Waals surface area contributed by atoms with Gasteiger partial charge in [-0.2, -0.15) is 0 Å². The number of imidazole rings is 1. The zero-order valence-corrected chi connectivity index (χ0v) is 17.1. The van der Waals surface area contributed by atoms with E-state index in [9.17, 15) is 4.79 Å². The average molecular weight is 401 g/mol. The Hall–Kier alpha value is -3.87. The molecule has 152 valence electrons. The van der Waals surface area contributed by atoms with Gasteiger partial charge in [0.15, 0.2) is 11.5 Å². The summed E-state index contributed by atoms with van der Waals surface area (Å²) in [6, 6.07) is 13.7. The Labute approximate surface area is 174 Å². The van der Waals surface area contributed by atoms with E-state index in [1.165, 1.54) is 6.92 Å². The molecule has 7 heteroatoms. The maximum atomic E-state index is 11.4. The van der Waals surface area contributed by atoms with Crippen LogP contribution in [0.15, 0.2) is 61.1 Å². The van der Waals surface area contributed by atoms with Crippen molar-refractivity contribution in [1.29, 1.82) is 0 Å². The maximum absolute atomic E-state index is 11.4. The van der Waals surface area contributed by atoms with Crippen LogP contribution in [0.4, 0.5) is 17.2 Å². The number of nitrogens with zero attached hydrogens (tertiary/aromatic N) is 3. The normalized spacial score (nSPS) is 10.8. The van der Waals surface area contributed by atoms with Crippen molar-refractivity contribution in [2.24, 2.45) is 0 Å². The van der Waals surface area contributed by atoms with Gasteiger partial charge in [-0.1, -0.05) is 6.92 Å². The van der Waals surface area contributed by atoms with Crippen molar-refractivity contribution in [3.05, 3.63) is 66.6 Å². The standard InChI is InChI=1S/C23H23N5O2/c1-4-16-13-18(7-10-20(16)26-15(2)29)27-22-23-25-14-21(28(23)12-11-24-22)17-5-8-19(30-3)9-6-17/h5-14H,4H2,1-3H3,(H,24,27)(H,26,29). The summed E-state index contributed by atoms with van der Waals surface area (Å²) in [5, 5.41) is 6.22. The first-order valence-corrected chi connectivity index (χ1v) is 9.73. The van der Waals surface area contributed by atoms with Crippen molar-refractivity contribution in [3.63, 3.8) is 0 Å². The van der Waals surface area contributed by atoms with Crippen molar-refractivity contribution < 1.29 is 9.53 Å². The molecule has 2 aromatic heterocycles. The summed E-state index contributed by atoms with van der Waals surface area (Å²) in [4.78, 5) is 20.5. The van der Waals surface area contributed by atoms with E-state index in [0.29, 0.717) is 5.82 Å². The molecule has 0 unspecified atom stereocenters. The van der Waals surface area contributed by atoms with Gasteiger partial charge in [0, 0.05) is 36.3 Å². The Balaban J connectivity index is 1.67. The monoisotopic (exact) mass is 401 g/mol. The van der Waals surface area contributed by atoms with E-state index in [0.717, 1.165) is 46.0 Å². The Morgan fingerprint density at radius 3 is 2.63 bits per heavy atom. The van der Waals surface area contributed by atoms with E-state index < -0.39 is 0 Å². The zero-order chi connectivity index (χ0) is 21.1. The summed E-state index contributed by atoms with van der Waals surface area (Å²) in [6.07, 6.45) is 6.27. The number of amides is 1. The molecule has 30 heavy (non-hydrogen) atoms. The molecule has 0 atom stereocenters. The third-order valence-electron chi connectivity index (χ3n) is 4.87. The lowest BCUT2D eigenvalue weighted by Crippen LogP contribution is -2.08. The van der Waals surface area contributed by atoms with E-state index in [1.807, 2.05) is 59.3 Å². The Morgan fingerprint density at radius 2 is 1.93 bits per heavy atom. The fourth-order valence-corrected chi connectivity index (χ4v) is 3.40. The van der Waals surface area contributed by atoms with Crippen molar-refractivity contribution in [1.82, 2.24) is 14.4 Å². The predicted molar refractivity (Wildman–Crippen MR) is 118 cm³/mol. The fraction of sp³-hybridized carbons (Fsp3) is 0.174. The van der Waals surface area contributed by atoms with Crippen LogP contribution >= 0.6 is 0 Å². The molecule has 0 bridgehead atoms. The summed E-state index contributed by atoms with van der Waals surface area (Å²) in [5.74, 6) is 1.39. The SMILES string of the molecule is CCc1cc(Nc2nccn3c(-c4ccc(OC)cc4)cnc23)ccc1NC(C)=O. The number of carbonyl (C=O) groups excluding carboxylic acids is 1. The first-order valence-electron chi connectivity index (χ1n) is 9.73. The van der Waals surface area contributed by atoms with Gasteiger partial charge >= 0.3 is 0 Å². The minimum absolute atomic E-state index is 0.0831. The van der Waals surface area contributed by atoms with Crippen LogP contribution in [0.2, 0.25) is 0 Å². The summed E-state index contributed by atoms with van der Waals surface area (Å²) < 4.78 is 7.25. The van der Waals surface area contributed by atoms with Gasteiger partial charge < -0.3 is 15.4 Å². The van der Waals surface area contributed by atoms with Crippen LogP contribution in [-0.4, -0.2) is 27.4 Å². The first-order chi connectivity index (χ1) is 14.6. The number of hydrogen-bond donors (Lipinski definition) is 2. The van der Waals surface area contributed by atoms with E-state index in [1.54, 1.807) is 13.3 Å². The van der Waals surface area contributed by atoms with Crippen molar-refractivity contribution in [2.45, 2.75) is 20.3 Å². The van der Waals surface area contributed by atoms with Crippen LogP contribution < -0.4 is 15.4 Å². The van der Waals surface area contributed by atoms with Gasteiger partial charge in [0.25, 0.3) is 0 Å². The third-order valence-corrected chi connectivity index (χ3v) is 4.87. The minimum Gasteiger partial charge on any atom is -0.497 e. The van der Waals surface area contributed by atoms with Crippen LogP contribution in [0.25, 0.3) is 16.9 Å². The molecule has 0 spiro atoms. The summed E-state index contributed by atoms with van der Waals surface area (Å²) >= 11 is 0. The molecule has 0 aliphatic rings. The van der Waals surface area contributed by atoms with Gasteiger partial charge in [0.1, 0.15) is 5.75 Å².